The molecule has 0 spiro atoms. The molecule has 26 heavy (non-hydrogen) atoms. The summed E-state index contributed by atoms with van der Waals surface area (Å²) in [7, 11) is 0.145. The second-order valence-corrected chi connectivity index (χ2v) is 14.6. The fourth-order valence-corrected chi connectivity index (χ4v) is 6.43. The average molecular weight is 371 g/mol. The molecule has 144 valence electrons. The van der Waals surface area contributed by atoms with E-state index in [2.05, 4.69) is 85.0 Å². The van der Waals surface area contributed by atoms with Gasteiger partial charge in [0, 0.05) is 11.0 Å². The van der Waals surface area contributed by atoms with Crippen molar-refractivity contribution >= 4 is 13.3 Å². The van der Waals surface area contributed by atoms with Gasteiger partial charge in [0.1, 0.15) is 5.75 Å². The first-order valence-electron chi connectivity index (χ1n) is 10.1. The van der Waals surface area contributed by atoms with E-state index in [9.17, 15) is 0 Å². The summed E-state index contributed by atoms with van der Waals surface area (Å²) >= 11 is 0. The minimum atomic E-state index is -1.72. The molecule has 0 fully saturated rings. The van der Waals surface area contributed by atoms with Crippen LogP contribution < -0.4 is 9.92 Å². The normalized spacial score (nSPS) is 15.3. The molecule has 1 aliphatic carbocycles. The van der Waals surface area contributed by atoms with Gasteiger partial charge >= 0.3 is 0 Å². The molecule has 2 heteroatoms. The molecule has 0 saturated carbocycles. The van der Waals surface area contributed by atoms with Crippen molar-refractivity contribution in [3.8, 4) is 5.75 Å². The maximum atomic E-state index is 6.17. The van der Waals surface area contributed by atoms with Crippen molar-refractivity contribution in [1.82, 2.24) is 0 Å². The van der Waals surface area contributed by atoms with Crippen LogP contribution in [-0.4, -0.2) is 15.2 Å². The van der Waals surface area contributed by atoms with Crippen molar-refractivity contribution < 1.29 is 4.74 Å². The first-order valence-corrected chi connectivity index (χ1v) is 13.1. The molecular weight excluding hydrogens is 332 g/mol. The third kappa shape index (κ3) is 3.33. The van der Waals surface area contributed by atoms with Gasteiger partial charge in [-0.2, -0.15) is 0 Å². The van der Waals surface area contributed by atoms with Gasteiger partial charge in [-0.3, -0.25) is 0 Å². The van der Waals surface area contributed by atoms with E-state index < -0.39 is 8.07 Å². The van der Waals surface area contributed by atoms with E-state index in [0.717, 1.165) is 25.0 Å². The summed E-state index contributed by atoms with van der Waals surface area (Å²) < 4.78 is 6.17. The fraction of sp³-hybridized carbons (Fsp3) is 0.583. The summed E-state index contributed by atoms with van der Waals surface area (Å²) in [5.41, 5.74) is 4.26. The zero-order valence-corrected chi connectivity index (χ0v) is 19.4. The summed E-state index contributed by atoms with van der Waals surface area (Å²) in [6, 6.07) is 4.78. The molecule has 0 radical (unpaired) electrons. The summed E-state index contributed by atoms with van der Waals surface area (Å²) in [6.45, 7) is 19.0. The maximum absolute atomic E-state index is 6.17. The molecule has 1 aromatic carbocycles. The van der Waals surface area contributed by atoms with E-state index in [1.54, 1.807) is 0 Å². The summed E-state index contributed by atoms with van der Waals surface area (Å²) in [5, 5.41) is 1.75. The second kappa shape index (κ2) is 7.38. The molecule has 1 aromatic rings. The monoisotopic (exact) mass is 370 g/mol. The van der Waals surface area contributed by atoms with Gasteiger partial charge in [0.15, 0.2) is 0 Å². The molecule has 0 aromatic heterocycles. The van der Waals surface area contributed by atoms with Crippen molar-refractivity contribution in [3.63, 3.8) is 0 Å². The van der Waals surface area contributed by atoms with Gasteiger partial charge in [-0.15, -0.1) is 0 Å². The maximum Gasteiger partial charge on any atom is 0.122 e. The lowest BCUT2D eigenvalue weighted by molar-refractivity contribution is 0.387. The van der Waals surface area contributed by atoms with Gasteiger partial charge in [-0.25, -0.2) is 0 Å². The van der Waals surface area contributed by atoms with Crippen LogP contribution in [0.3, 0.4) is 0 Å². The smallest absolute Gasteiger partial charge is 0.122 e. The molecule has 0 atom stereocenters. The third-order valence-electron chi connectivity index (χ3n) is 7.03. The molecule has 0 aliphatic heterocycles. The first kappa shape index (κ1) is 21.0. The second-order valence-electron chi connectivity index (χ2n) is 9.36. The average Bonchev–Trinajstić information content (AvgIpc) is 3.10. The van der Waals surface area contributed by atoms with E-state index in [4.69, 9.17) is 4.74 Å². The largest absolute Gasteiger partial charge is 0.497 e. The van der Waals surface area contributed by atoms with E-state index >= 15 is 0 Å². The lowest BCUT2D eigenvalue weighted by Crippen LogP contribution is -2.50. The molecule has 0 saturated heterocycles. The Hall–Kier alpha value is -1.28. The number of benzene rings is 1. The van der Waals surface area contributed by atoms with E-state index in [1.807, 2.05) is 7.11 Å². The lowest BCUT2D eigenvalue weighted by atomic mass is 9.69. The predicted octanol–water partition coefficient (Wildman–Crippen LogP) is 6.66. The Morgan fingerprint density at radius 2 is 1.69 bits per heavy atom. The van der Waals surface area contributed by atoms with Crippen LogP contribution in [0, 0.1) is 6.92 Å². The quantitative estimate of drug-likeness (QED) is 0.508. The van der Waals surface area contributed by atoms with Crippen molar-refractivity contribution in [2.24, 2.45) is 0 Å². The van der Waals surface area contributed by atoms with Gasteiger partial charge < -0.3 is 4.74 Å². The SMILES string of the molecule is CCC(CC)(C1=CCC=C1)c1cc(C)cc([Si](C)(C)C(C)(C)C)c1OC. The number of hydrogen-bond acceptors (Lipinski definition) is 1. The lowest BCUT2D eigenvalue weighted by Gasteiger charge is -2.41. The van der Waals surface area contributed by atoms with Crippen LogP contribution in [0.4, 0.5) is 0 Å². The van der Waals surface area contributed by atoms with Gasteiger partial charge in [0.2, 0.25) is 0 Å². The van der Waals surface area contributed by atoms with E-state index in [-0.39, 0.29) is 10.5 Å². The highest BCUT2D eigenvalue weighted by molar-refractivity contribution is 6.92. The van der Waals surface area contributed by atoms with Gasteiger partial charge in [-0.05, 0) is 42.0 Å². The highest BCUT2D eigenvalue weighted by Crippen LogP contribution is 2.47. The summed E-state index contributed by atoms with van der Waals surface area (Å²) in [6.07, 6.45) is 10.3. The van der Waals surface area contributed by atoms with Crippen molar-refractivity contribution in [2.45, 2.75) is 84.4 Å². The molecule has 1 aliphatic rings. The van der Waals surface area contributed by atoms with Crippen LogP contribution in [-0.2, 0) is 5.41 Å². The van der Waals surface area contributed by atoms with Gasteiger partial charge in [-0.1, -0.05) is 83.6 Å². The highest BCUT2D eigenvalue weighted by atomic mass is 28.3. The number of methoxy groups -OCH3 is 1. The standard InChI is InChI=1S/C24H38OSi/c1-10-24(11-2,19-14-12-13-15-19)20-16-18(3)17-21(22(20)25-7)26(8,9)23(4,5)6/h12,14-17H,10-11,13H2,1-9H3. The van der Waals surface area contributed by atoms with Crippen LogP contribution >= 0.6 is 0 Å². The Morgan fingerprint density at radius 3 is 2.12 bits per heavy atom. The Balaban J connectivity index is 2.83. The number of rotatable bonds is 6. The Bertz CT molecular complexity index is 712. The van der Waals surface area contributed by atoms with Crippen LogP contribution in [0.25, 0.3) is 0 Å². The molecule has 0 heterocycles. The van der Waals surface area contributed by atoms with Crippen LogP contribution in [0.15, 0.2) is 35.9 Å². The Morgan fingerprint density at radius 1 is 1.08 bits per heavy atom. The molecule has 0 N–H and O–H groups in total. The molecule has 2 rings (SSSR count). The molecule has 0 amide bonds. The van der Waals surface area contributed by atoms with Crippen LogP contribution in [0.2, 0.25) is 18.1 Å². The molecule has 1 nitrogen and oxygen atoms in total. The van der Waals surface area contributed by atoms with E-state index in [1.165, 1.54) is 21.9 Å². The van der Waals surface area contributed by atoms with Crippen molar-refractivity contribution in [2.75, 3.05) is 7.11 Å². The highest BCUT2D eigenvalue weighted by Gasteiger charge is 2.42. The zero-order valence-electron chi connectivity index (χ0n) is 18.4. The van der Waals surface area contributed by atoms with Crippen LogP contribution in [0.5, 0.6) is 5.75 Å². The Kier molecular flexibility index (Phi) is 5.97. The van der Waals surface area contributed by atoms with Gasteiger partial charge in [0.25, 0.3) is 0 Å². The summed E-state index contributed by atoms with van der Waals surface area (Å²) in [5.74, 6) is 1.15. The Labute approximate surface area is 162 Å². The number of allylic oxidation sites excluding steroid dienone is 4. The fourth-order valence-electron chi connectivity index (χ4n) is 4.22. The van der Waals surface area contributed by atoms with E-state index in [0.29, 0.717) is 0 Å². The minimum Gasteiger partial charge on any atom is -0.497 e. The van der Waals surface area contributed by atoms with Crippen molar-refractivity contribution in [1.29, 1.82) is 0 Å². The van der Waals surface area contributed by atoms with Crippen molar-refractivity contribution in [3.05, 3.63) is 47.1 Å². The zero-order chi connectivity index (χ0) is 19.8. The third-order valence-corrected chi connectivity index (χ3v) is 12.5. The molecule has 0 unspecified atom stereocenters. The summed E-state index contributed by atoms with van der Waals surface area (Å²) in [4.78, 5) is 0. The number of hydrogen-bond donors (Lipinski definition) is 0. The molecular formula is C24H38OSi. The molecule has 0 bridgehead atoms. The van der Waals surface area contributed by atoms with Gasteiger partial charge in [0.05, 0.1) is 15.2 Å². The van der Waals surface area contributed by atoms with Crippen LogP contribution in [0.1, 0.15) is 65.0 Å². The topological polar surface area (TPSA) is 9.23 Å². The minimum absolute atomic E-state index is 0.0431. The number of aryl methyl sites for hydroxylation is 1. The first-order chi connectivity index (χ1) is 12.0. The predicted molar refractivity (Wildman–Crippen MR) is 119 cm³/mol. The number of ether oxygens (including phenoxy) is 1.